The molecule has 0 aliphatic carbocycles. The number of hydrogen-bond acceptors (Lipinski definition) is 6. The van der Waals surface area contributed by atoms with Crippen molar-refractivity contribution in [3.05, 3.63) is 48.0 Å². The molecule has 0 aliphatic rings. The van der Waals surface area contributed by atoms with Crippen LogP contribution in [0.2, 0.25) is 0 Å². The fraction of sp³-hybridized carbons (Fsp3) is 0.167. The maximum absolute atomic E-state index is 11.2. The third-order valence-electron chi connectivity index (χ3n) is 3.45. The molecular formula is C18H20N2O5. The van der Waals surface area contributed by atoms with Crippen LogP contribution in [-0.2, 0) is 4.79 Å². The van der Waals surface area contributed by atoms with E-state index >= 15 is 0 Å². The van der Waals surface area contributed by atoms with Crippen LogP contribution in [0.15, 0.2) is 42.5 Å². The number of carbonyl (C=O) groups is 1. The van der Waals surface area contributed by atoms with Crippen molar-refractivity contribution < 1.29 is 24.2 Å². The number of rotatable bonds is 7. The van der Waals surface area contributed by atoms with E-state index in [1.807, 2.05) is 6.07 Å². The lowest BCUT2D eigenvalue weighted by Gasteiger charge is -2.14. The van der Waals surface area contributed by atoms with Gasteiger partial charge in [-0.15, -0.1) is 0 Å². The van der Waals surface area contributed by atoms with Gasteiger partial charge in [-0.3, -0.25) is 10.0 Å². The van der Waals surface area contributed by atoms with Gasteiger partial charge in [-0.2, -0.15) is 0 Å². The monoisotopic (exact) mass is 344 g/mol. The van der Waals surface area contributed by atoms with Gasteiger partial charge in [0.1, 0.15) is 5.75 Å². The predicted molar refractivity (Wildman–Crippen MR) is 94.8 cm³/mol. The fourth-order valence-corrected chi connectivity index (χ4v) is 2.19. The highest BCUT2D eigenvalue weighted by molar-refractivity contribution is 5.92. The molecule has 0 saturated heterocycles. The predicted octanol–water partition coefficient (Wildman–Crippen LogP) is 2.97. The summed E-state index contributed by atoms with van der Waals surface area (Å²) >= 11 is 0. The molecular weight excluding hydrogens is 324 g/mol. The molecule has 0 aromatic heterocycles. The average Bonchev–Trinajstić information content (AvgIpc) is 2.66. The highest BCUT2D eigenvalue weighted by Crippen LogP contribution is 2.33. The number of amides is 1. The van der Waals surface area contributed by atoms with Gasteiger partial charge >= 0.3 is 0 Å². The normalized spacial score (nSPS) is 10.4. The first-order chi connectivity index (χ1) is 12.1. The topological polar surface area (TPSA) is 89.1 Å². The van der Waals surface area contributed by atoms with Crippen LogP contribution in [0.25, 0.3) is 6.08 Å². The molecule has 1 amide bonds. The smallest absolute Gasteiger partial charge is 0.267 e. The minimum atomic E-state index is -0.618. The van der Waals surface area contributed by atoms with Crippen LogP contribution < -0.4 is 25.0 Å². The largest absolute Gasteiger partial charge is 0.497 e. The number of ether oxygens (including phenoxy) is 3. The highest BCUT2D eigenvalue weighted by atomic mass is 16.5. The Kier molecular flexibility index (Phi) is 6.25. The molecule has 25 heavy (non-hydrogen) atoms. The Morgan fingerprint density at radius 1 is 1.00 bits per heavy atom. The number of anilines is 2. The van der Waals surface area contributed by atoms with E-state index < -0.39 is 5.91 Å². The second-order valence-electron chi connectivity index (χ2n) is 4.96. The van der Waals surface area contributed by atoms with Crippen molar-refractivity contribution in [3.63, 3.8) is 0 Å². The first kappa shape index (κ1) is 18.2. The zero-order valence-electron chi connectivity index (χ0n) is 14.2. The fourth-order valence-electron chi connectivity index (χ4n) is 2.19. The summed E-state index contributed by atoms with van der Waals surface area (Å²) in [5.74, 6) is 1.25. The lowest BCUT2D eigenvalue weighted by molar-refractivity contribution is -0.124. The van der Waals surface area contributed by atoms with Crippen molar-refractivity contribution in [3.8, 4) is 17.2 Å². The highest BCUT2D eigenvalue weighted by Gasteiger charge is 2.08. The minimum absolute atomic E-state index is 0.590. The summed E-state index contributed by atoms with van der Waals surface area (Å²) in [7, 11) is 4.71. The Morgan fingerprint density at radius 2 is 1.76 bits per heavy atom. The van der Waals surface area contributed by atoms with Gasteiger partial charge in [-0.1, -0.05) is 0 Å². The van der Waals surface area contributed by atoms with Gasteiger partial charge in [0.05, 0.1) is 21.3 Å². The Morgan fingerprint density at radius 3 is 2.40 bits per heavy atom. The maximum Gasteiger partial charge on any atom is 0.267 e. The first-order valence-corrected chi connectivity index (χ1v) is 7.40. The first-order valence-electron chi connectivity index (χ1n) is 7.40. The Bertz CT molecular complexity index is 774. The standard InChI is InChI=1S/C18H20N2O5/c1-23-14-7-4-12(5-9-18(21)20-22)15(11-14)19-13-6-8-16(24-2)17(10-13)25-3/h4-11,19,22H,1-3H3,(H,20,21)/b9-5+. The lowest BCUT2D eigenvalue weighted by atomic mass is 10.1. The third-order valence-corrected chi connectivity index (χ3v) is 3.45. The van der Waals surface area contributed by atoms with Crippen LogP contribution >= 0.6 is 0 Å². The van der Waals surface area contributed by atoms with Gasteiger partial charge in [0.2, 0.25) is 0 Å². The molecule has 7 heteroatoms. The molecule has 0 saturated carbocycles. The Balaban J connectivity index is 2.36. The number of carbonyl (C=O) groups excluding carboxylic acids is 1. The number of benzene rings is 2. The van der Waals surface area contributed by atoms with Crippen LogP contribution in [0, 0.1) is 0 Å². The van der Waals surface area contributed by atoms with Gasteiger partial charge in [-0.05, 0) is 35.9 Å². The summed E-state index contributed by atoms with van der Waals surface area (Å²) in [6, 6.07) is 10.8. The van der Waals surface area contributed by atoms with Crippen LogP contribution in [0.4, 0.5) is 11.4 Å². The lowest BCUT2D eigenvalue weighted by Crippen LogP contribution is -2.14. The summed E-state index contributed by atoms with van der Waals surface area (Å²) in [4.78, 5) is 11.2. The number of hydrogen-bond donors (Lipinski definition) is 3. The summed E-state index contributed by atoms with van der Waals surface area (Å²) in [6.45, 7) is 0. The van der Waals surface area contributed by atoms with Gasteiger partial charge in [0.25, 0.3) is 5.91 Å². The molecule has 0 heterocycles. The van der Waals surface area contributed by atoms with E-state index in [1.54, 1.807) is 63.2 Å². The van der Waals surface area contributed by atoms with E-state index in [2.05, 4.69) is 5.32 Å². The van der Waals surface area contributed by atoms with Crippen molar-refractivity contribution in [2.45, 2.75) is 0 Å². The number of nitrogens with one attached hydrogen (secondary N) is 2. The van der Waals surface area contributed by atoms with Gasteiger partial charge < -0.3 is 19.5 Å². The van der Waals surface area contributed by atoms with Crippen molar-refractivity contribution >= 4 is 23.4 Å². The molecule has 2 rings (SSSR count). The molecule has 0 aliphatic heterocycles. The van der Waals surface area contributed by atoms with Gasteiger partial charge in [0, 0.05) is 29.6 Å². The van der Waals surface area contributed by atoms with Crippen LogP contribution in [0.1, 0.15) is 5.56 Å². The number of hydroxylamine groups is 1. The van der Waals surface area contributed by atoms with E-state index in [1.165, 1.54) is 6.08 Å². The summed E-state index contributed by atoms with van der Waals surface area (Å²) in [6.07, 6.45) is 2.80. The second-order valence-corrected chi connectivity index (χ2v) is 4.96. The molecule has 2 aromatic rings. The summed E-state index contributed by atoms with van der Waals surface area (Å²) in [5.41, 5.74) is 3.78. The van der Waals surface area contributed by atoms with E-state index in [4.69, 9.17) is 19.4 Å². The molecule has 132 valence electrons. The van der Waals surface area contributed by atoms with Gasteiger partial charge in [-0.25, -0.2) is 5.48 Å². The molecule has 0 bridgehead atoms. The van der Waals surface area contributed by atoms with E-state index in [9.17, 15) is 4.79 Å². The molecule has 0 unspecified atom stereocenters. The maximum atomic E-state index is 11.2. The summed E-state index contributed by atoms with van der Waals surface area (Å²) in [5, 5.41) is 11.8. The van der Waals surface area contributed by atoms with E-state index in [-0.39, 0.29) is 0 Å². The van der Waals surface area contributed by atoms with Crippen molar-refractivity contribution in [1.29, 1.82) is 0 Å². The average molecular weight is 344 g/mol. The Hall–Kier alpha value is -3.19. The molecule has 2 aromatic carbocycles. The van der Waals surface area contributed by atoms with Crippen LogP contribution in [0.3, 0.4) is 0 Å². The van der Waals surface area contributed by atoms with Crippen molar-refractivity contribution in [1.82, 2.24) is 5.48 Å². The molecule has 0 atom stereocenters. The van der Waals surface area contributed by atoms with E-state index in [0.29, 0.717) is 22.9 Å². The second kappa shape index (κ2) is 8.60. The Labute approximate surface area is 145 Å². The van der Waals surface area contributed by atoms with Crippen molar-refractivity contribution in [2.24, 2.45) is 0 Å². The molecule has 0 fully saturated rings. The molecule has 3 N–H and O–H groups in total. The number of methoxy groups -OCH3 is 3. The minimum Gasteiger partial charge on any atom is -0.497 e. The van der Waals surface area contributed by atoms with E-state index in [0.717, 1.165) is 11.3 Å². The van der Waals surface area contributed by atoms with Gasteiger partial charge in [0.15, 0.2) is 11.5 Å². The zero-order chi connectivity index (χ0) is 18.2. The van der Waals surface area contributed by atoms with Crippen molar-refractivity contribution in [2.75, 3.05) is 26.6 Å². The molecule has 0 spiro atoms. The summed E-state index contributed by atoms with van der Waals surface area (Å²) < 4.78 is 15.8. The quantitative estimate of drug-likeness (QED) is 0.406. The third kappa shape index (κ3) is 4.65. The zero-order valence-corrected chi connectivity index (χ0v) is 14.2. The SMILES string of the molecule is COc1ccc(/C=C/C(=O)NO)c(Nc2ccc(OC)c(OC)c2)c1. The molecule has 0 radical (unpaired) electrons. The van der Waals surface area contributed by atoms with Crippen LogP contribution in [-0.4, -0.2) is 32.4 Å². The van der Waals surface area contributed by atoms with Crippen LogP contribution in [0.5, 0.6) is 17.2 Å². The molecule has 7 nitrogen and oxygen atoms in total.